The van der Waals surface area contributed by atoms with Crippen LogP contribution in [0, 0.1) is 0 Å². The van der Waals surface area contributed by atoms with Gasteiger partial charge in [-0.05, 0) is 24.1 Å². The third-order valence-corrected chi connectivity index (χ3v) is 5.07. The summed E-state index contributed by atoms with van der Waals surface area (Å²) in [5.74, 6) is 0.968. The van der Waals surface area contributed by atoms with Crippen molar-refractivity contribution < 1.29 is 9.47 Å². The van der Waals surface area contributed by atoms with Crippen LogP contribution in [0.1, 0.15) is 36.2 Å². The highest BCUT2D eigenvalue weighted by atomic mass is 35.5. The van der Waals surface area contributed by atoms with E-state index < -0.39 is 0 Å². The molecular formula is C18H23ClN4O2. The molecule has 2 aliphatic heterocycles. The molecule has 6 nitrogen and oxygen atoms in total. The van der Waals surface area contributed by atoms with E-state index in [0.29, 0.717) is 6.04 Å². The molecule has 4 rings (SSSR count). The van der Waals surface area contributed by atoms with Gasteiger partial charge in [-0.3, -0.25) is 0 Å². The summed E-state index contributed by atoms with van der Waals surface area (Å²) in [6, 6.07) is 4.37. The van der Waals surface area contributed by atoms with Gasteiger partial charge in [-0.25, -0.2) is 4.68 Å². The summed E-state index contributed by atoms with van der Waals surface area (Å²) in [7, 11) is 0. The average Bonchev–Trinajstić information content (AvgIpc) is 3.26. The summed E-state index contributed by atoms with van der Waals surface area (Å²) in [6.45, 7) is 5.25. The minimum atomic E-state index is 0.0716. The van der Waals surface area contributed by atoms with E-state index in [-0.39, 0.29) is 6.04 Å². The van der Waals surface area contributed by atoms with Gasteiger partial charge >= 0.3 is 0 Å². The highest BCUT2D eigenvalue weighted by Crippen LogP contribution is 2.38. The number of hydrogen-bond acceptors (Lipinski definition) is 5. The Balaban J connectivity index is 1.58. The third-order valence-electron chi connectivity index (χ3n) is 4.85. The van der Waals surface area contributed by atoms with Crippen molar-refractivity contribution in [2.45, 2.75) is 38.3 Å². The number of halogens is 1. The molecule has 1 N–H and O–H groups in total. The van der Waals surface area contributed by atoms with Crippen molar-refractivity contribution in [3.63, 3.8) is 0 Å². The predicted molar refractivity (Wildman–Crippen MR) is 95.4 cm³/mol. The molecule has 0 saturated carbocycles. The summed E-state index contributed by atoms with van der Waals surface area (Å²) in [5, 5.41) is 13.0. The lowest BCUT2D eigenvalue weighted by Crippen LogP contribution is -2.42. The van der Waals surface area contributed by atoms with Crippen molar-refractivity contribution in [3.05, 3.63) is 40.2 Å². The molecule has 1 fully saturated rings. The molecule has 1 saturated heterocycles. The van der Waals surface area contributed by atoms with Crippen molar-refractivity contribution in [3.8, 4) is 5.75 Å². The van der Waals surface area contributed by atoms with Gasteiger partial charge in [0.15, 0.2) is 0 Å². The number of fused-ring (bicyclic) bond motifs is 1. The molecule has 0 spiro atoms. The number of hydrogen-bond donors (Lipinski definition) is 1. The Morgan fingerprint density at radius 1 is 1.40 bits per heavy atom. The Morgan fingerprint density at radius 3 is 3.12 bits per heavy atom. The van der Waals surface area contributed by atoms with Crippen LogP contribution in [0.15, 0.2) is 18.3 Å². The molecule has 2 atom stereocenters. The lowest BCUT2D eigenvalue weighted by atomic mass is 10.00. The van der Waals surface area contributed by atoms with Crippen LogP contribution in [0.2, 0.25) is 5.02 Å². The summed E-state index contributed by atoms with van der Waals surface area (Å²) in [6.07, 6.45) is 4.66. The normalized spacial score (nSPS) is 21.0. The van der Waals surface area contributed by atoms with Crippen LogP contribution in [0.25, 0.3) is 0 Å². The molecule has 0 radical (unpaired) electrons. The van der Waals surface area contributed by atoms with E-state index in [9.17, 15) is 0 Å². The topological polar surface area (TPSA) is 61.2 Å². The minimum Gasteiger partial charge on any atom is -0.493 e. The highest BCUT2D eigenvalue weighted by molar-refractivity contribution is 6.30. The molecule has 1 aromatic carbocycles. The van der Waals surface area contributed by atoms with Crippen LogP contribution in [-0.4, -0.2) is 47.4 Å². The smallest absolute Gasteiger partial charge is 0.128 e. The number of benzene rings is 1. The highest BCUT2D eigenvalue weighted by Gasteiger charge is 2.25. The van der Waals surface area contributed by atoms with Crippen molar-refractivity contribution in [1.82, 2.24) is 20.3 Å². The first-order valence-corrected chi connectivity index (χ1v) is 9.29. The molecule has 0 aliphatic carbocycles. The molecule has 2 unspecified atom stereocenters. The monoisotopic (exact) mass is 362 g/mol. The van der Waals surface area contributed by atoms with Gasteiger partial charge in [-0.1, -0.05) is 23.7 Å². The number of nitrogens with one attached hydrogen (secondary N) is 1. The van der Waals surface area contributed by atoms with Gasteiger partial charge in [0.25, 0.3) is 0 Å². The second-order valence-electron chi connectivity index (χ2n) is 6.63. The SMILES string of the molecule is CCC(c1cc(Cl)cc2c1OCC2)n1cc(CC2COCCN2)nn1. The van der Waals surface area contributed by atoms with Gasteiger partial charge in [0, 0.05) is 42.2 Å². The zero-order valence-corrected chi connectivity index (χ0v) is 15.1. The first-order chi connectivity index (χ1) is 12.2. The standard InChI is InChI=1S/C18H23ClN4O2/c1-2-17(16-8-13(19)7-12-3-5-25-18(12)16)23-10-14(21-22-23)9-15-11-24-6-4-20-15/h7-8,10,15,17,20H,2-6,9,11H2,1H3. The van der Waals surface area contributed by atoms with E-state index in [1.807, 2.05) is 23.0 Å². The quantitative estimate of drug-likeness (QED) is 0.885. The fourth-order valence-electron chi connectivity index (χ4n) is 3.66. The number of morpholine rings is 1. The second-order valence-corrected chi connectivity index (χ2v) is 7.06. The number of nitrogens with zero attached hydrogens (tertiary/aromatic N) is 3. The predicted octanol–water partition coefficient (Wildman–Crippen LogP) is 2.40. The van der Waals surface area contributed by atoms with E-state index in [1.54, 1.807) is 0 Å². The second kappa shape index (κ2) is 7.32. The van der Waals surface area contributed by atoms with Gasteiger partial charge in [0.05, 0.1) is 31.6 Å². The van der Waals surface area contributed by atoms with Crippen molar-refractivity contribution in [2.24, 2.45) is 0 Å². The Hall–Kier alpha value is -1.63. The van der Waals surface area contributed by atoms with Gasteiger partial charge < -0.3 is 14.8 Å². The summed E-state index contributed by atoms with van der Waals surface area (Å²) < 4.78 is 13.3. The molecule has 7 heteroatoms. The molecule has 2 aromatic rings. The molecule has 134 valence electrons. The van der Waals surface area contributed by atoms with Gasteiger partial charge in [-0.15, -0.1) is 5.10 Å². The third kappa shape index (κ3) is 3.52. The zero-order valence-electron chi connectivity index (χ0n) is 14.4. The molecule has 0 bridgehead atoms. The maximum absolute atomic E-state index is 6.33. The minimum absolute atomic E-state index is 0.0716. The summed E-state index contributed by atoms with van der Waals surface area (Å²) >= 11 is 6.33. The maximum atomic E-state index is 6.33. The Kier molecular flexibility index (Phi) is 4.92. The Labute approximate surface area is 152 Å². The lowest BCUT2D eigenvalue weighted by Gasteiger charge is -2.22. The van der Waals surface area contributed by atoms with E-state index in [4.69, 9.17) is 21.1 Å². The number of rotatable bonds is 5. The van der Waals surface area contributed by atoms with Crippen LogP contribution < -0.4 is 10.1 Å². The fourth-order valence-corrected chi connectivity index (χ4v) is 3.91. The largest absolute Gasteiger partial charge is 0.493 e. The number of aromatic nitrogens is 3. The first kappa shape index (κ1) is 16.8. The van der Waals surface area contributed by atoms with Gasteiger partial charge in [-0.2, -0.15) is 0 Å². The summed E-state index contributed by atoms with van der Waals surface area (Å²) in [5.41, 5.74) is 3.25. The lowest BCUT2D eigenvalue weighted by molar-refractivity contribution is 0.0767. The molecule has 25 heavy (non-hydrogen) atoms. The molecule has 1 aromatic heterocycles. The zero-order chi connectivity index (χ0) is 17.2. The van der Waals surface area contributed by atoms with Crippen LogP contribution in [0.5, 0.6) is 5.75 Å². The van der Waals surface area contributed by atoms with E-state index in [2.05, 4.69) is 22.6 Å². The van der Waals surface area contributed by atoms with Crippen LogP contribution in [-0.2, 0) is 17.6 Å². The van der Waals surface area contributed by atoms with Crippen molar-refractivity contribution in [1.29, 1.82) is 0 Å². The fraction of sp³-hybridized carbons (Fsp3) is 0.556. The maximum Gasteiger partial charge on any atom is 0.128 e. The molecule has 0 amide bonds. The molecular weight excluding hydrogens is 340 g/mol. The number of ether oxygens (including phenoxy) is 2. The molecule has 2 aliphatic rings. The van der Waals surface area contributed by atoms with Crippen molar-refractivity contribution >= 4 is 11.6 Å². The van der Waals surface area contributed by atoms with Crippen LogP contribution in [0.3, 0.4) is 0 Å². The van der Waals surface area contributed by atoms with Gasteiger partial charge in [0.2, 0.25) is 0 Å². The summed E-state index contributed by atoms with van der Waals surface area (Å²) in [4.78, 5) is 0. The van der Waals surface area contributed by atoms with Crippen molar-refractivity contribution in [2.75, 3.05) is 26.4 Å². The molecule has 3 heterocycles. The van der Waals surface area contributed by atoms with E-state index in [1.165, 1.54) is 5.56 Å². The Morgan fingerprint density at radius 2 is 2.32 bits per heavy atom. The first-order valence-electron chi connectivity index (χ1n) is 8.91. The Bertz CT molecular complexity index is 743. The van der Waals surface area contributed by atoms with Gasteiger partial charge in [0.1, 0.15) is 5.75 Å². The average molecular weight is 363 g/mol. The van der Waals surface area contributed by atoms with E-state index >= 15 is 0 Å². The van der Waals surface area contributed by atoms with Crippen LogP contribution >= 0.6 is 11.6 Å². The van der Waals surface area contributed by atoms with E-state index in [0.717, 1.165) is 67.7 Å². The van der Waals surface area contributed by atoms with Crippen LogP contribution in [0.4, 0.5) is 0 Å².